The van der Waals surface area contributed by atoms with Crippen molar-refractivity contribution in [3.8, 4) is 0 Å². The molecule has 5 heteroatoms. The van der Waals surface area contributed by atoms with Gasteiger partial charge in [0.15, 0.2) is 0 Å². The average molecular weight is 321 g/mol. The van der Waals surface area contributed by atoms with Crippen molar-refractivity contribution in [2.24, 2.45) is 5.92 Å². The molecule has 3 rings (SSSR count). The lowest BCUT2D eigenvalue weighted by atomic mass is 9.93. The fourth-order valence-electron chi connectivity index (χ4n) is 4.55. The van der Waals surface area contributed by atoms with Gasteiger partial charge in [-0.3, -0.25) is 14.5 Å². The van der Waals surface area contributed by atoms with Gasteiger partial charge in [-0.1, -0.05) is 12.8 Å². The van der Waals surface area contributed by atoms with Crippen LogP contribution < -0.4 is 0 Å². The molecule has 130 valence electrons. The van der Waals surface area contributed by atoms with Gasteiger partial charge in [0, 0.05) is 46.2 Å². The Morgan fingerprint density at radius 2 is 1.39 bits per heavy atom. The van der Waals surface area contributed by atoms with Gasteiger partial charge in [0.05, 0.1) is 6.04 Å². The number of piperidine rings is 1. The van der Waals surface area contributed by atoms with E-state index in [2.05, 4.69) is 9.80 Å². The number of rotatable bonds is 3. The highest BCUT2D eigenvalue weighted by molar-refractivity contribution is 5.82. The van der Waals surface area contributed by atoms with E-state index < -0.39 is 0 Å². The third-order valence-corrected chi connectivity index (χ3v) is 5.92. The van der Waals surface area contributed by atoms with E-state index in [1.165, 1.54) is 32.1 Å². The van der Waals surface area contributed by atoms with Gasteiger partial charge in [0.1, 0.15) is 0 Å². The zero-order valence-electron chi connectivity index (χ0n) is 14.5. The van der Waals surface area contributed by atoms with Crippen LogP contribution in [0, 0.1) is 5.92 Å². The maximum absolute atomic E-state index is 13.2. The monoisotopic (exact) mass is 321 g/mol. The second kappa shape index (κ2) is 7.65. The Hall–Kier alpha value is -1.10. The molecular weight excluding hydrogens is 290 g/mol. The molecule has 0 aromatic carbocycles. The molecule has 0 bridgehead atoms. The predicted molar refractivity (Wildman–Crippen MR) is 90.0 cm³/mol. The molecule has 23 heavy (non-hydrogen) atoms. The van der Waals surface area contributed by atoms with Crippen LogP contribution in [-0.4, -0.2) is 71.8 Å². The van der Waals surface area contributed by atoms with Gasteiger partial charge < -0.3 is 9.80 Å². The van der Waals surface area contributed by atoms with Crippen LogP contribution in [-0.2, 0) is 9.59 Å². The third-order valence-electron chi connectivity index (χ3n) is 5.92. The van der Waals surface area contributed by atoms with Crippen LogP contribution in [0.5, 0.6) is 0 Å². The standard InChI is InChI=1S/C18H31N3O2/c1-15(22)19-11-13-20(14-12-19)17(16-7-3-4-8-16)18(23)21-9-5-2-6-10-21/h16-17H,2-14H2,1H3. The van der Waals surface area contributed by atoms with Gasteiger partial charge in [-0.25, -0.2) is 0 Å². The maximum atomic E-state index is 13.2. The smallest absolute Gasteiger partial charge is 0.240 e. The number of piperazine rings is 1. The minimum absolute atomic E-state index is 0.0599. The van der Waals surface area contributed by atoms with Gasteiger partial charge in [0.25, 0.3) is 0 Å². The topological polar surface area (TPSA) is 43.9 Å². The van der Waals surface area contributed by atoms with Crippen molar-refractivity contribution >= 4 is 11.8 Å². The van der Waals surface area contributed by atoms with Crippen molar-refractivity contribution in [2.45, 2.75) is 57.9 Å². The molecule has 0 aromatic rings. The van der Waals surface area contributed by atoms with E-state index in [0.717, 1.165) is 52.1 Å². The van der Waals surface area contributed by atoms with Crippen LogP contribution in [0.3, 0.4) is 0 Å². The molecule has 1 saturated carbocycles. The lowest BCUT2D eigenvalue weighted by Crippen LogP contribution is -2.58. The lowest BCUT2D eigenvalue weighted by Gasteiger charge is -2.42. The van der Waals surface area contributed by atoms with Gasteiger partial charge in [-0.15, -0.1) is 0 Å². The second-order valence-electron chi connectivity index (χ2n) is 7.42. The summed E-state index contributed by atoms with van der Waals surface area (Å²) in [6.07, 6.45) is 8.48. The second-order valence-corrected chi connectivity index (χ2v) is 7.42. The summed E-state index contributed by atoms with van der Waals surface area (Å²) in [4.78, 5) is 31.2. The predicted octanol–water partition coefficient (Wildman–Crippen LogP) is 1.72. The van der Waals surface area contributed by atoms with E-state index in [0.29, 0.717) is 11.8 Å². The number of likely N-dealkylation sites (tertiary alicyclic amines) is 1. The first-order chi connectivity index (χ1) is 11.2. The van der Waals surface area contributed by atoms with Crippen LogP contribution >= 0.6 is 0 Å². The fraction of sp³-hybridized carbons (Fsp3) is 0.889. The Bertz CT molecular complexity index is 420. The molecule has 5 nitrogen and oxygen atoms in total. The zero-order chi connectivity index (χ0) is 16.2. The van der Waals surface area contributed by atoms with E-state index >= 15 is 0 Å². The molecule has 3 aliphatic rings. The molecule has 2 aliphatic heterocycles. The molecule has 0 spiro atoms. The SMILES string of the molecule is CC(=O)N1CCN(C(C(=O)N2CCCCC2)C2CCCC2)CC1. The van der Waals surface area contributed by atoms with Crippen LogP contribution in [0.2, 0.25) is 0 Å². The highest BCUT2D eigenvalue weighted by atomic mass is 16.2. The molecule has 1 unspecified atom stereocenters. The van der Waals surface area contributed by atoms with Crippen molar-refractivity contribution in [1.29, 1.82) is 0 Å². The van der Waals surface area contributed by atoms with Crippen molar-refractivity contribution in [3.63, 3.8) is 0 Å². The number of hydrogen-bond donors (Lipinski definition) is 0. The number of hydrogen-bond acceptors (Lipinski definition) is 3. The van der Waals surface area contributed by atoms with Gasteiger partial charge in [-0.05, 0) is 38.0 Å². The minimum atomic E-state index is 0.0599. The van der Waals surface area contributed by atoms with Gasteiger partial charge in [0.2, 0.25) is 11.8 Å². The Morgan fingerprint density at radius 3 is 1.96 bits per heavy atom. The summed E-state index contributed by atoms with van der Waals surface area (Å²) in [5, 5.41) is 0. The van der Waals surface area contributed by atoms with Gasteiger partial charge in [-0.2, -0.15) is 0 Å². The molecule has 2 amide bonds. The Balaban J connectivity index is 1.68. The molecule has 3 fully saturated rings. The summed E-state index contributed by atoms with van der Waals surface area (Å²) in [6.45, 7) is 6.76. The van der Waals surface area contributed by atoms with E-state index in [-0.39, 0.29) is 11.9 Å². The zero-order valence-corrected chi connectivity index (χ0v) is 14.5. The molecule has 0 radical (unpaired) electrons. The first kappa shape index (κ1) is 16.7. The van der Waals surface area contributed by atoms with Crippen molar-refractivity contribution in [3.05, 3.63) is 0 Å². The number of carbonyl (C=O) groups excluding carboxylic acids is 2. The normalized spacial score (nSPS) is 25.6. The maximum Gasteiger partial charge on any atom is 0.240 e. The van der Waals surface area contributed by atoms with E-state index in [4.69, 9.17) is 0 Å². The molecule has 2 heterocycles. The first-order valence-electron chi connectivity index (χ1n) is 9.45. The van der Waals surface area contributed by atoms with Gasteiger partial charge >= 0.3 is 0 Å². The van der Waals surface area contributed by atoms with Crippen LogP contribution in [0.4, 0.5) is 0 Å². The summed E-state index contributed by atoms with van der Waals surface area (Å²) < 4.78 is 0. The summed E-state index contributed by atoms with van der Waals surface area (Å²) in [7, 11) is 0. The Morgan fingerprint density at radius 1 is 0.783 bits per heavy atom. The van der Waals surface area contributed by atoms with Crippen molar-refractivity contribution in [1.82, 2.24) is 14.7 Å². The minimum Gasteiger partial charge on any atom is -0.341 e. The van der Waals surface area contributed by atoms with Crippen molar-refractivity contribution in [2.75, 3.05) is 39.3 Å². The van der Waals surface area contributed by atoms with E-state index in [1.54, 1.807) is 6.92 Å². The molecular formula is C18H31N3O2. The average Bonchev–Trinajstić information content (AvgIpc) is 3.10. The quantitative estimate of drug-likeness (QED) is 0.795. The van der Waals surface area contributed by atoms with Crippen LogP contribution in [0.1, 0.15) is 51.9 Å². The molecule has 2 saturated heterocycles. The molecule has 1 atom stereocenters. The number of amides is 2. The van der Waals surface area contributed by atoms with E-state index in [1.807, 2.05) is 4.90 Å². The van der Waals surface area contributed by atoms with Crippen LogP contribution in [0.25, 0.3) is 0 Å². The molecule has 0 N–H and O–H groups in total. The fourth-order valence-corrected chi connectivity index (χ4v) is 4.55. The van der Waals surface area contributed by atoms with E-state index in [9.17, 15) is 9.59 Å². The third kappa shape index (κ3) is 3.87. The summed E-state index contributed by atoms with van der Waals surface area (Å²) >= 11 is 0. The summed E-state index contributed by atoms with van der Waals surface area (Å²) in [5.41, 5.74) is 0. The largest absolute Gasteiger partial charge is 0.341 e. The Labute approximate surface area is 140 Å². The summed E-state index contributed by atoms with van der Waals surface area (Å²) in [5.74, 6) is 1.05. The van der Waals surface area contributed by atoms with Crippen LogP contribution in [0.15, 0.2) is 0 Å². The lowest BCUT2D eigenvalue weighted by molar-refractivity contribution is -0.142. The summed E-state index contributed by atoms with van der Waals surface area (Å²) in [6, 6.07) is 0.0599. The molecule has 1 aliphatic carbocycles. The highest BCUT2D eigenvalue weighted by Crippen LogP contribution is 2.32. The number of nitrogens with zero attached hydrogens (tertiary/aromatic N) is 3. The highest BCUT2D eigenvalue weighted by Gasteiger charge is 2.39. The first-order valence-corrected chi connectivity index (χ1v) is 9.45. The number of carbonyl (C=O) groups is 2. The molecule has 0 aromatic heterocycles. The van der Waals surface area contributed by atoms with Crippen molar-refractivity contribution < 1.29 is 9.59 Å². The Kier molecular flexibility index (Phi) is 5.57.